The van der Waals surface area contributed by atoms with Crippen LogP contribution in [0.1, 0.15) is 45.8 Å². The van der Waals surface area contributed by atoms with Crippen LogP contribution in [0, 0.1) is 0 Å². The van der Waals surface area contributed by atoms with Crippen LogP contribution in [0.15, 0.2) is 21.6 Å². The summed E-state index contributed by atoms with van der Waals surface area (Å²) in [7, 11) is -3.57. The third-order valence-corrected chi connectivity index (χ3v) is 5.30. The lowest BCUT2D eigenvalue weighted by Gasteiger charge is -2.26. The summed E-state index contributed by atoms with van der Waals surface area (Å²) < 4.78 is 31.9. The van der Waals surface area contributed by atoms with Crippen molar-refractivity contribution in [3.8, 4) is 0 Å². The molecule has 0 aliphatic carbocycles. The van der Waals surface area contributed by atoms with Crippen LogP contribution in [-0.2, 0) is 15.9 Å². The van der Waals surface area contributed by atoms with E-state index in [9.17, 15) is 8.42 Å². The van der Waals surface area contributed by atoms with Crippen molar-refractivity contribution in [1.29, 1.82) is 0 Å². The van der Waals surface area contributed by atoms with E-state index in [1.54, 1.807) is 6.07 Å². The van der Waals surface area contributed by atoms with Crippen molar-refractivity contribution in [3.05, 3.63) is 17.9 Å². The van der Waals surface area contributed by atoms with Gasteiger partial charge in [-0.25, -0.2) is 8.42 Å². The Kier molecular flexibility index (Phi) is 6.36. The molecule has 0 aromatic carbocycles. The van der Waals surface area contributed by atoms with Gasteiger partial charge in [0.25, 0.3) is 10.0 Å². The summed E-state index contributed by atoms with van der Waals surface area (Å²) in [5.41, 5.74) is 0. The fourth-order valence-corrected chi connectivity index (χ4v) is 3.60. The van der Waals surface area contributed by atoms with E-state index < -0.39 is 10.0 Å². The molecule has 110 valence electrons. The standard InChI is InChI=1S/C13H22ClNO3S/c1-4-6-9-15(11(3)5-2)19(16,17)13-8-7-12(10-14)18-13/h7-8,11H,4-6,9-10H2,1-3H3. The second-order valence-corrected chi connectivity index (χ2v) is 6.67. The number of hydrogen-bond donors (Lipinski definition) is 0. The maximum Gasteiger partial charge on any atom is 0.276 e. The van der Waals surface area contributed by atoms with Crippen LogP contribution in [-0.4, -0.2) is 25.3 Å². The fourth-order valence-electron chi connectivity index (χ4n) is 1.78. The molecule has 0 bridgehead atoms. The maximum atomic E-state index is 12.6. The number of hydrogen-bond acceptors (Lipinski definition) is 3. The summed E-state index contributed by atoms with van der Waals surface area (Å²) in [6.07, 6.45) is 2.56. The molecule has 0 radical (unpaired) electrons. The lowest BCUT2D eigenvalue weighted by molar-refractivity contribution is 0.309. The molecule has 0 aliphatic heterocycles. The van der Waals surface area contributed by atoms with Gasteiger partial charge in [0, 0.05) is 12.6 Å². The predicted molar refractivity (Wildman–Crippen MR) is 76.8 cm³/mol. The molecule has 0 amide bonds. The zero-order valence-electron chi connectivity index (χ0n) is 11.7. The highest BCUT2D eigenvalue weighted by Gasteiger charge is 2.30. The lowest BCUT2D eigenvalue weighted by atomic mass is 10.2. The molecular formula is C13H22ClNO3S. The van der Waals surface area contributed by atoms with Crippen molar-refractivity contribution in [1.82, 2.24) is 4.31 Å². The molecule has 6 heteroatoms. The second-order valence-electron chi connectivity index (χ2n) is 4.58. The van der Waals surface area contributed by atoms with E-state index in [0.29, 0.717) is 12.3 Å². The first-order valence-corrected chi connectivity index (χ1v) is 8.61. The molecule has 1 aromatic rings. The molecule has 0 spiro atoms. The Hall–Kier alpha value is -0.520. The molecule has 1 unspecified atom stereocenters. The van der Waals surface area contributed by atoms with Crippen LogP contribution in [0.3, 0.4) is 0 Å². The average Bonchev–Trinajstić information content (AvgIpc) is 2.88. The zero-order valence-corrected chi connectivity index (χ0v) is 13.3. The Labute approximate surface area is 120 Å². The van der Waals surface area contributed by atoms with Gasteiger partial charge in [0.15, 0.2) is 0 Å². The summed E-state index contributed by atoms with van der Waals surface area (Å²) in [4.78, 5) is 0. The molecule has 1 heterocycles. The predicted octanol–water partition coefficient (Wildman–Crippen LogP) is 3.61. The van der Waals surface area contributed by atoms with Crippen LogP contribution in [0.2, 0.25) is 0 Å². The summed E-state index contributed by atoms with van der Waals surface area (Å²) in [6.45, 7) is 6.45. The normalized spacial score (nSPS) is 13.9. The van der Waals surface area contributed by atoms with Crippen molar-refractivity contribution in [2.75, 3.05) is 6.54 Å². The Morgan fingerprint density at radius 3 is 2.53 bits per heavy atom. The molecule has 0 aliphatic rings. The number of sulfonamides is 1. The van der Waals surface area contributed by atoms with Crippen LogP contribution < -0.4 is 0 Å². The monoisotopic (exact) mass is 307 g/mol. The Bertz CT molecular complexity index is 484. The summed E-state index contributed by atoms with van der Waals surface area (Å²) >= 11 is 5.64. The molecule has 19 heavy (non-hydrogen) atoms. The van der Waals surface area contributed by atoms with Crippen LogP contribution in [0.25, 0.3) is 0 Å². The first-order valence-electron chi connectivity index (χ1n) is 6.63. The smallest absolute Gasteiger partial charge is 0.276 e. The van der Waals surface area contributed by atoms with Crippen LogP contribution in [0.5, 0.6) is 0 Å². The highest BCUT2D eigenvalue weighted by atomic mass is 35.5. The van der Waals surface area contributed by atoms with Crippen LogP contribution >= 0.6 is 11.6 Å². The first-order chi connectivity index (χ1) is 8.97. The average molecular weight is 308 g/mol. The Morgan fingerprint density at radius 2 is 2.05 bits per heavy atom. The Balaban J connectivity index is 3.04. The van der Waals surface area contributed by atoms with E-state index in [4.69, 9.17) is 16.0 Å². The lowest BCUT2D eigenvalue weighted by Crippen LogP contribution is -2.38. The summed E-state index contributed by atoms with van der Waals surface area (Å²) in [6, 6.07) is 3.05. The van der Waals surface area contributed by atoms with Gasteiger partial charge >= 0.3 is 0 Å². The minimum absolute atomic E-state index is 0.0143. The van der Waals surface area contributed by atoms with Gasteiger partial charge in [-0.1, -0.05) is 20.3 Å². The first kappa shape index (κ1) is 16.5. The third-order valence-electron chi connectivity index (χ3n) is 3.15. The molecule has 1 atom stereocenters. The quantitative estimate of drug-likeness (QED) is 0.689. The SMILES string of the molecule is CCCCN(C(C)CC)S(=O)(=O)c1ccc(CCl)o1. The van der Waals surface area contributed by atoms with Gasteiger partial charge in [0.2, 0.25) is 5.09 Å². The van der Waals surface area contributed by atoms with E-state index in [1.807, 2.05) is 20.8 Å². The fraction of sp³-hybridized carbons (Fsp3) is 0.692. The van der Waals surface area contributed by atoms with Gasteiger partial charge in [-0.05, 0) is 31.9 Å². The summed E-state index contributed by atoms with van der Waals surface area (Å²) in [5.74, 6) is 0.646. The van der Waals surface area contributed by atoms with Crippen molar-refractivity contribution in [2.24, 2.45) is 0 Å². The highest BCUT2D eigenvalue weighted by molar-refractivity contribution is 7.89. The van der Waals surface area contributed by atoms with Gasteiger partial charge in [0.1, 0.15) is 5.76 Å². The van der Waals surface area contributed by atoms with E-state index >= 15 is 0 Å². The van der Waals surface area contributed by atoms with Crippen molar-refractivity contribution < 1.29 is 12.8 Å². The van der Waals surface area contributed by atoms with Crippen molar-refractivity contribution in [2.45, 2.75) is 57.0 Å². The molecule has 1 rings (SSSR count). The highest BCUT2D eigenvalue weighted by Crippen LogP contribution is 2.23. The molecule has 0 saturated carbocycles. The van der Waals surface area contributed by atoms with E-state index in [2.05, 4.69) is 0 Å². The number of furan rings is 1. The molecule has 0 saturated heterocycles. The maximum absolute atomic E-state index is 12.6. The number of unbranched alkanes of at least 4 members (excludes halogenated alkanes) is 1. The second kappa shape index (κ2) is 7.31. The van der Waals surface area contributed by atoms with E-state index in [-0.39, 0.29) is 17.0 Å². The minimum atomic E-state index is -3.57. The third kappa shape index (κ3) is 3.97. The van der Waals surface area contributed by atoms with Crippen molar-refractivity contribution in [3.63, 3.8) is 0 Å². The molecule has 0 fully saturated rings. The largest absolute Gasteiger partial charge is 0.447 e. The number of rotatable bonds is 8. The van der Waals surface area contributed by atoms with Gasteiger partial charge in [-0.3, -0.25) is 0 Å². The molecular weight excluding hydrogens is 286 g/mol. The number of nitrogens with zero attached hydrogens (tertiary/aromatic N) is 1. The van der Waals surface area contributed by atoms with E-state index in [0.717, 1.165) is 19.3 Å². The topological polar surface area (TPSA) is 50.5 Å². The molecule has 4 nitrogen and oxygen atoms in total. The molecule has 1 aromatic heterocycles. The van der Waals surface area contributed by atoms with Gasteiger partial charge in [0.05, 0.1) is 5.88 Å². The number of alkyl halides is 1. The van der Waals surface area contributed by atoms with E-state index in [1.165, 1.54) is 10.4 Å². The van der Waals surface area contributed by atoms with Crippen molar-refractivity contribution >= 4 is 21.6 Å². The van der Waals surface area contributed by atoms with Gasteiger partial charge < -0.3 is 4.42 Å². The number of halogens is 1. The summed E-state index contributed by atoms with van der Waals surface area (Å²) in [5, 5.41) is -0.0143. The van der Waals surface area contributed by atoms with Crippen LogP contribution in [0.4, 0.5) is 0 Å². The van der Waals surface area contributed by atoms with Gasteiger partial charge in [-0.2, -0.15) is 4.31 Å². The molecule has 0 N–H and O–H groups in total. The minimum Gasteiger partial charge on any atom is -0.447 e. The zero-order chi connectivity index (χ0) is 14.5. The Morgan fingerprint density at radius 1 is 1.37 bits per heavy atom. The van der Waals surface area contributed by atoms with Gasteiger partial charge in [-0.15, -0.1) is 11.6 Å².